The summed E-state index contributed by atoms with van der Waals surface area (Å²) in [6, 6.07) is 11.8. The number of hydrogen-bond donors (Lipinski definition) is 1. The molecule has 0 bridgehead atoms. The summed E-state index contributed by atoms with van der Waals surface area (Å²) in [4.78, 5) is 4.22. The number of aromatic nitrogens is 2. The number of imidazole rings is 1. The molecule has 1 aromatic heterocycles. The Kier molecular flexibility index (Phi) is 4.59. The highest BCUT2D eigenvalue weighted by atomic mass is 32.2. The lowest BCUT2D eigenvalue weighted by molar-refractivity contribution is -0.127. The van der Waals surface area contributed by atoms with Gasteiger partial charge in [-0.1, -0.05) is 24.3 Å². The molecular weight excluding hydrogens is 367 g/mol. The Labute approximate surface area is 148 Å². The van der Waals surface area contributed by atoms with E-state index in [0.717, 1.165) is 0 Å². The number of nitrogens with two attached hydrogens (primary N) is 1. The summed E-state index contributed by atoms with van der Waals surface area (Å²) in [6.07, 6.45) is -2.03. The lowest BCUT2D eigenvalue weighted by atomic mass is 10.1. The molecule has 5 nitrogen and oxygen atoms in total. The van der Waals surface area contributed by atoms with E-state index in [-0.39, 0.29) is 10.5 Å². The predicted octanol–water partition coefficient (Wildman–Crippen LogP) is 3.29. The number of alkyl halides is 3. The molecule has 0 amide bonds. The Balaban J connectivity index is 1.91. The van der Waals surface area contributed by atoms with Gasteiger partial charge in [-0.3, -0.25) is 4.57 Å². The second-order valence-corrected chi connectivity index (χ2v) is 7.21. The average molecular weight is 381 g/mol. The first kappa shape index (κ1) is 18.2. The van der Waals surface area contributed by atoms with Crippen LogP contribution in [0.3, 0.4) is 0 Å². The van der Waals surface area contributed by atoms with Crippen molar-refractivity contribution in [2.45, 2.75) is 17.5 Å². The second-order valence-electron chi connectivity index (χ2n) is 5.65. The van der Waals surface area contributed by atoms with Gasteiger partial charge in [0.2, 0.25) is 10.0 Å². The van der Waals surface area contributed by atoms with Crippen LogP contribution in [0.25, 0.3) is 17.1 Å². The zero-order valence-corrected chi connectivity index (χ0v) is 14.1. The van der Waals surface area contributed by atoms with Gasteiger partial charge in [-0.15, -0.1) is 0 Å². The fourth-order valence-electron chi connectivity index (χ4n) is 2.52. The smallest absolute Gasteiger partial charge is 0.300 e. The molecule has 0 radical (unpaired) electrons. The Morgan fingerprint density at radius 3 is 2.15 bits per heavy atom. The van der Waals surface area contributed by atoms with Crippen LogP contribution >= 0.6 is 0 Å². The highest BCUT2D eigenvalue weighted by Gasteiger charge is 2.27. The van der Waals surface area contributed by atoms with Crippen molar-refractivity contribution in [3.8, 4) is 17.1 Å². The molecular formula is C17H14F3N3O2S. The maximum atomic E-state index is 12.4. The third-order valence-electron chi connectivity index (χ3n) is 3.70. The van der Waals surface area contributed by atoms with E-state index < -0.39 is 22.6 Å². The van der Waals surface area contributed by atoms with E-state index in [2.05, 4.69) is 4.98 Å². The molecule has 3 aromatic rings. The van der Waals surface area contributed by atoms with E-state index in [1.165, 1.54) is 24.3 Å². The molecule has 0 aliphatic rings. The van der Waals surface area contributed by atoms with Crippen LogP contribution in [0.5, 0.6) is 0 Å². The van der Waals surface area contributed by atoms with Gasteiger partial charge in [0.05, 0.1) is 11.3 Å². The largest absolute Gasteiger partial charge is 0.393 e. The van der Waals surface area contributed by atoms with Crippen LogP contribution in [-0.2, 0) is 16.4 Å². The van der Waals surface area contributed by atoms with Crippen molar-refractivity contribution in [2.24, 2.45) is 5.14 Å². The molecule has 0 aliphatic carbocycles. The van der Waals surface area contributed by atoms with Gasteiger partial charge < -0.3 is 0 Å². The molecule has 0 unspecified atom stereocenters. The van der Waals surface area contributed by atoms with Crippen molar-refractivity contribution in [1.82, 2.24) is 9.55 Å². The fourth-order valence-corrected chi connectivity index (χ4v) is 3.04. The van der Waals surface area contributed by atoms with Gasteiger partial charge in [-0.05, 0) is 29.8 Å². The van der Waals surface area contributed by atoms with Gasteiger partial charge in [0.1, 0.15) is 5.82 Å². The zero-order valence-electron chi connectivity index (χ0n) is 13.3. The summed E-state index contributed by atoms with van der Waals surface area (Å²) in [5.74, 6) is 0.520. The Hall–Kier alpha value is -2.65. The number of hydrogen-bond acceptors (Lipinski definition) is 3. The standard InChI is InChI=1S/C17H14F3N3O2S/c18-17(19,20)11-12-1-3-13(4-2-12)16-22-9-10-23(16)14-5-7-15(8-6-14)26(21,24)25/h1-10H,11H2,(H2,21,24,25). The van der Waals surface area contributed by atoms with E-state index in [1.807, 2.05) is 0 Å². The summed E-state index contributed by atoms with van der Waals surface area (Å²) < 4.78 is 61.7. The Morgan fingerprint density at radius 2 is 1.62 bits per heavy atom. The summed E-state index contributed by atoms with van der Waals surface area (Å²) in [5, 5.41) is 5.08. The normalized spacial score (nSPS) is 12.3. The molecule has 0 saturated heterocycles. The molecule has 0 fully saturated rings. The lowest BCUT2D eigenvalue weighted by Crippen LogP contribution is -2.12. The van der Waals surface area contributed by atoms with Crippen molar-refractivity contribution in [3.05, 3.63) is 66.5 Å². The van der Waals surface area contributed by atoms with Crippen LogP contribution in [0.1, 0.15) is 5.56 Å². The Morgan fingerprint density at radius 1 is 1.00 bits per heavy atom. The molecule has 3 rings (SSSR count). The van der Waals surface area contributed by atoms with Crippen molar-refractivity contribution < 1.29 is 21.6 Å². The minimum absolute atomic E-state index is 0.0144. The van der Waals surface area contributed by atoms with Gasteiger partial charge in [0.25, 0.3) is 0 Å². The topological polar surface area (TPSA) is 78.0 Å². The molecule has 1 heterocycles. The monoisotopic (exact) mass is 381 g/mol. The van der Waals surface area contributed by atoms with Crippen molar-refractivity contribution in [1.29, 1.82) is 0 Å². The molecule has 2 aromatic carbocycles. The van der Waals surface area contributed by atoms with E-state index in [0.29, 0.717) is 17.1 Å². The van der Waals surface area contributed by atoms with Gasteiger partial charge >= 0.3 is 6.18 Å². The van der Waals surface area contributed by atoms with Crippen LogP contribution in [0.4, 0.5) is 13.2 Å². The number of nitrogens with zero attached hydrogens (tertiary/aromatic N) is 2. The predicted molar refractivity (Wildman–Crippen MR) is 90.1 cm³/mol. The van der Waals surface area contributed by atoms with Crippen LogP contribution in [-0.4, -0.2) is 24.1 Å². The number of rotatable bonds is 4. The van der Waals surface area contributed by atoms with E-state index in [1.54, 1.807) is 41.2 Å². The molecule has 2 N–H and O–H groups in total. The van der Waals surface area contributed by atoms with E-state index in [4.69, 9.17) is 5.14 Å². The zero-order chi connectivity index (χ0) is 18.9. The third-order valence-corrected chi connectivity index (χ3v) is 4.63. The average Bonchev–Trinajstić information content (AvgIpc) is 3.03. The van der Waals surface area contributed by atoms with Gasteiger partial charge in [-0.2, -0.15) is 13.2 Å². The summed E-state index contributed by atoms with van der Waals surface area (Å²) in [7, 11) is -3.79. The minimum atomic E-state index is -4.26. The van der Waals surface area contributed by atoms with Crippen LogP contribution in [0.15, 0.2) is 65.8 Å². The summed E-state index contributed by atoms with van der Waals surface area (Å²) in [6.45, 7) is 0. The van der Waals surface area contributed by atoms with Gasteiger partial charge in [-0.25, -0.2) is 18.5 Å². The molecule has 26 heavy (non-hydrogen) atoms. The van der Waals surface area contributed by atoms with E-state index >= 15 is 0 Å². The van der Waals surface area contributed by atoms with Crippen LogP contribution < -0.4 is 5.14 Å². The summed E-state index contributed by atoms with van der Waals surface area (Å²) in [5.41, 5.74) is 1.44. The molecule has 9 heteroatoms. The van der Waals surface area contributed by atoms with Crippen molar-refractivity contribution in [2.75, 3.05) is 0 Å². The molecule has 0 atom stereocenters. The lowest BCUT2D eigenvalue weighted by Gasteiger charge is -2.10. The SMILES string of the molecule is NS(=O)(=O)c1ccc(-n2ccnc2-c2ccc(CC(F)(F)F)cc2)cc1. The van der Waals surface area contributed by atoms with E-state index in [9.17, 15) is 21.6 Å². The summed E-state index contributed by atoms with van der Waals surface area (Å²) >= 11 is 0. The van der Waals surface area contributed by atoms with Crippen molar-refractivity contribution >= 4 is 10.0 Å². The molecule has 0 spiro atoms. The number of primary sulfonamides is 1. The van der Waals surface area contributed by atoms with Crippen LogP contribution in [0, 0.1) is 0 Å². The number of halogens is 3. The fraction of sp³-hybridized carbons (Fsp3) is 0.118. The first-order valence-corrected chi connectivity index (χ1v) is 9.01. The first-order chi connectivity index (χ1) is 12.1. The highest BCUT2D eigenvalue weighted by molar-refractivity contribution is 7.89. The third kappa shape index (κ3) is 4.12. The van der Waals surface area contributed by atoms with Gasteiger partial charge in [0, 0.05) is 23.6 Å². The van der Waals surface area contributed by atoms with Gasteiger partial charge in [0.15, 0.2) is 0 Å². The first-order valence-electron chi connectivity index (χ1n) is 7.46. The quantitative estimate of drug-likeness (QED) is 0.753. The number of sulfonamides is 1. The number of benzene rings is 2. The second kappa shape index (κ2) is 6.58. The molecule has 0 saturated carbocycles. The maximum absolute atomic E-state index is 12.4. The van der Waals surface area contributed by atoms with Crippen molar-refractivity contribution in [3.63, 3.8) is 0 Å². The Bertz CT molecular complexity index is 1010. The van der Waals surface area contributed by atoms with Crippen LogP contribution in [0.2, 0.25) is 0 Å². The highest BCUT2D eigenvalue weighted by Crippen LogP contribution is 2.25. The molecule has 0 aliphatic heterocycles. The molecule has 136 valence electrons. The maximum Gasteiger partial charge on any atom is 0.393 e. The minimum Gasteiger partial charge on any atom is -0.300 e.